The lowest BCUT2D eigenvalue weighted by molar-refractivity contribution is 0.135. The minimum absolute atomic E-state index is 0.0779. The zero-order valence-electron chi connectivity index (χ0n) is 15.9. The highest BCUT2D eigenvalue weighted by Crippen LogP contribution is 2.32. The van der Waals surface area contributed by atoms with Crippen LogP contribution in [-0.2, 0) is 6.54 Å². The molecule has 0 saturated carbocycles. The van der Waals surface area contributed by atoms with Crippen LogP contribution < -0.4 is 14.8 Å². The highest BCUT2D eigenvalue weighted by molar-refractivity contribution is 5.74. The van der Waals surface area contributed by atoms with Gasteiger partial charge in [0.2, 0.25) is 6.79 Å². The number of ether oxygens (including phenoxy) is 2. The second kappa shape index (κ2) is 8.65. The van der Waals surface area contributed by atoms with Crippen LogP contribution in [0.3, 0.4) is 0 Å². The van der Waals surface area contributed by atoms with Crippen molar-refractivity contribution in [2.75, 3.05) is 39.5 Å². The van der Waals surface area contributed by atoms with Gasteiger partial charge in [-0.15, -0.1) is 0 Å². The van der Waals surface area contributed by atoms with Gasteiger partial charge < -0.3 is 19.7 Å². The first-order valence-electron chi connectivity index (χ1n) is 10.1. The van der Waals surface area contributed by atoms with Crippen molar-refractivity contribution in [3.8, 4) is 11.5 Å². The molecule has 1 aromatic carbocycles. The maximum Gasteiger partial charge on any atom is 0.317 e. The van der Waals surface area contributed by atoms with E-state index in [0.717, 1.165) is 57.2 Å². The number of rotatable bonds is 5. The highest BCUT2D eigenvalue weighted by atomic mass is 16.7. The standard InChI is InChI=1S/C21H29N3O3/c25-21(22-9-8-17-4-2-1-3-5-17)24-12-10-23(11-13-24)15-18-6-7-19-20(14-18)27-16-26-19/h4,6-7,14H,1-3,5,8-13,15-16H2,(H,22,25). The average molecular weight is 371 g/mol. The number of benzene rings is 1. The van der Waals surface area contributed by atoms with Crippen LogP contribution in [0.15, 0.2) is 29.8 Å². The smallest absolute Gasteiger partial charge is 0.317 e. The van der Waals surface area contributed by atoms with Gasteiger partial charge in [-0.05, 0) is 49.8 Å². The van der Waals surface area contributed by atoms with E-state index in [2.05, 4.69) is 28.4 Å². The lowest BCUT2D eigenvalue weighted by Gasteiger charge is -2.34. The van der Waals surface area contributed by atoms with Crippen molar-refractivity contribution >= 4 is 6.03 Å². The molecule has 1 aliphatic carbocycles. The molecule has 2 aliphatic heterocycles. The van der Waals surface area contributed by atoms with Gasteiger partial charge in [0.05, 0.1) is 0 Å². The number of nitrogens with zero attached hydrogens (tertiary/aromatic N) is 2. The number of fused-ring (bicyclic) bond motifs is 1. The highest BCUT2D eigenvalue weighted by Gasteiger charge is 2.22. The number of carbonyl (C=O) groups excluding carboxylic acids is 1. The largest absolute Gasteiger partial charge is 0.454 e. The Hall–Kier alpha value is -2.21. The molecule has 1 fully saturated rings. The van der Waals surface area contributed by atoms with Crippen molar-refractivity contribution in [2.24, 2.45) is 0 Å². The first-order chi connectivity index (χ1) is 13.3. The molecular weight excluding hydrogens is 342 g/mol. The molecule has 2 heterocycles. The van der Waals surface area contributed by atoms with Crippen LogP contribution in [0.1, 0.15) is 37.7 Å². The molecule has 1 aromatic rings. The minimum atomic E-state index is 0.0779. The SMILES string of the molecule is O=C(NCCC1=CCCCC1)N1CCN(Cc2ccc3c(c2)OCO3)CC1. The number of piperazine rings is 1. The maximum atomic E-state index is 12.4. The molecule has 0 radical (unpaired) electrons. The zero-order valence-corrected chi connectivity index (χ0v) is 15.9. The molecule has 4 rings (SSSR count). The fourth-order valence-electron chi connectivity index (χ4n) is 3.98. The van der Waals surface area contributed by atoms with Crippen molar-refractivity contribution in [1.82, 2.24) is 15.1 Å². The molecule has 146 valence electrons. The van der Waals surface area contributed by atoms with Crippen LogP contribution in [0.25, 0.3) is 0 Å². The topological polar surface area (TPSA) is 54.0 Å². The van der Waals surface area contributed by atoms with Crippen LogP contribution in [0.2, 0.25) is 0 Å². The van der Waals surface area contributed by atoms with E-state index >= 15 is 0 Å². The number of amides is 2. The first-order valence-corrected chi connectivity index (χ1v) is 10.1. The van der Waals surface area contributed by atoms with Gasteiger partial charge in [0.1, 0.15) is 0 Å². The van der Waals surface area contributed by atoms with Gasteiger partial charge in [0.25, 0.3) is 0 Å². The predicted octanol–water partition coefficient (Wildman–Crippen LogP) is 3.13. The average Bonchev–Trinajstić information content (AvgIpc) is 3.17. The van der Waals surface area contributed by atoms with Gasteiger partial charge >= 0.3 is 6.03 Å². The van der Waals surface area contributed by atoms with Gasteiger partial charge in [-0.2, -0.15) is 0 Å². The van der Waals surface area contributed by atoms with Crippen molar-refractivity contribution in [3.05, 3.63) is 35.4 Å². The van der Waals surface area contributed by atoms with E-state index in [9.17, 15) is 4.79 Å². The lowest BCUT2D eigenvalue weighted by Crippen LogP contribution is -2.51. The van der Waals surface area contributed by atoms with Crippen molar-refractivity contribution in [2.45, 2.75) is 38.6 Å². The van der Waals surface area contributed by atoms with Crippen LogP contribution in [0.4, 0.5) is 4.79 Å². The van der Waals surface area contributed by atoms with Gasteiger partial charge in [-0.1, -0.05) is 17.7 Å². The van der Waals surface area contributed by atoms with Gasteiger partial charge in [-0.3, -0.25) is 4.90 Å². The van der Waals surface area contributed by atoms with Gasteiger partial charge in [0, 0.05) is 39.3 Å². The third-order valence-corrected chi connectivity index (χ3v) is 5.61. The summed E-state index contributed by atoms with van der Waals surface area (Å²) in [4.78, 5) is 16.7. The molecule has 1 N–H and O–H groups in total. The predicted molar refractivity (Wildman–Crippen MR) is 104 cm³/mol. The maximum absolute atomic E-state index is 12.4. The summed E-state index contributed by atoms with van der Waals surface area (Å²) >= 11 is 0. The molecule has 1 saturated heterocycles. The van der Waals surface area contributed by atoms with Crippen molar-refractivity contribution in [1.29, 1.82) is 0 Å². The van der Waals surface area contributed by atoms with Crippen LogP contribution in [-0.4, -0.2) is 55.3 Å². The lowest BCUT2D eigenvalue weighted by atomic mass is 9.97. The fraction of sp³-hybridized carbons (Fsp3) is 0.571. The molecule has 27 heavy (non-hydrogen) atoms. The summed E-state index contributed by atoms with van der Waals surface area (Å²) in [6.07, 6.45) is 8.36. The molecule has 6 nitrogen and oxygen atoms in total. The van der Waals surface area contributed by atoms with Crippen LogP contribution in [0, 0.1) is 0 Å². The molecule has 2 amide bonds. The molecular formula is C21H29N3O3. The Labute approximate surface area is 161 Å². The zero-order chi connectivity index (χ0) is 18.5. The van der Waals surface area contributed by atoms with Gasteiger partial charge in [-0.25, -0.2) is 4.79 Å². The summed E-state index contributed by atoms with van der Waals surface area (Å²) in [5.74, 6) is 1.66. The van der Waals surface area contributed by atoms with Crippen molar-refractivity contribution in [3.63, 3.8) is 0 Å². The van der Waals surface area contributed by atoms with E-state index < -0.39 is 0 Å². The second-order valence-corrected chi connectivity index (χ2v) is 7.54. The van der Waals surface area contributed by atoms with E-state index in [-0.39, 0.29) is 6.03 Å². The van der Waals surface area contributed by atoms with Gasteiger partial charge in [0.15, 0.2) is 11.5 Å². The Morgan fingerprint density at radius 3 is 2.74 bits per heavy atom. The second-order valence-electron chi connectivity index (χ2n) is 7.54. The summed E-state index contributed by atoms with van der Waals surface area (Å²) in [6.45, 7) is 5.28. The van der Waals surface area contributed by atoms with Crippen LogP contribution >= 0.6 is 0 Å². The Balaban J connectivity index is 1.18. The van der Waals surface area contributed by atoms with E-state index in [1.807, 2.05) is 11.0 Å². The fourth-order valence-corrected chi connectivity index (χ4v) is 3.98. The molecule has 3 aliphatic rings. The third-order valence-electron chi connectivity index (χ3n) is 5.61. The number of allylic oxidation sites excluding steroid dienone is 1. The van der Waals surface area contributed by atoms with E-state index in [0.29, 0.717) is 6.79 Å². The number of carbonyl (C=O) groups is 1. The molecule has 0 spiro atoms. The normalized spacial score (nSPS) is 19.7. The summed E-state index contributed by atoms with van der Waals surface area (Å²) in [5.41, 5.74) is 2.73. The molecule has 0 unspecified atom stereocenters. The monoisotopic (exact) mass is 371 g/mol. The quantitative estimate of drug-likeness (QED) is 0.808. The number of hydrogen-bond acceptors (Lipinski definition) is 4. The van der Waals surface area contributed by atoms with Crippen molar-refractivity contribution < 1.29 is 14.3 Å². The summed E-state index contributed by atoms with van der Waals surface area (Å²) < 4.78 is 10.8. The summed E-state index contributed by atoms with van der Waals surface area (Å²) in [5, 5.41) is 3.09. The minimum Gasteiger partial charge on any atom is -0.454 e. The summed E-state index contributed by atoms with van der Waals surface area (Å²) in [6, 6.07) is 6.20. The third kappa shape index (κ3) is 4.75. The van der Waals surface area contributed by atoms with Crippen LogP contribution in [0.5, 0.6) is 11.5 Å². The Morgan fingerprint density at radius 1 is 1.07 bits per heavy atom. The molecule has 0 aromatic heterocycles. The molecule has 0 atom stereocenters. The number of nitrogens with one attached hydrogen (secondary N) is 1. The number of urea groups is 1. The van der Waals surface area contributed by atoms with E-state index in [4.69, 9.17) is 9.47 Å². The first kappa shape index (κ1) is 18.2. The molecule has 6 heteroatoms. The number of hydrogen-bond donors (Lipinski definition) is 1. The van der Waals surface area contributed by atoms with E-state index in [1.165, 1.54) is 36.8 Å². The Morgan fingerprint density at radius 2 is 1.93 bits per heavy atom. The summed E-state index contributed by atoms with van der Waals surface area (Å²) in [7, 11) is 0. The Kier molecular flexibility index (Phi) is 5.82. The Bertz CT molecular complexity index is 696. The van der Waals surface area contributed by atoms with E-state index in [1.54, 1.807) is 0 Å². The molecule has 0 bridgehead atoms.